The molecule has 0 amide bonds. The molecule has 0 fully saturated rings. The summed E-state index contributed by atoms with van der Waals surface area (Å²) in [5.74, 6) is 0. The highest BCUT2D eigenvalue weighted by Gasteiger charge is 2.38. The van der Waals surface area contributed by atoms with Gasteiger partial charge in [-0.3, -0.25) is 0 Å². The minimum absolute atomic E-state index is 0.108. The molecule has 1 aromatic heterocycles. The molecule has 96 valence electrons. The SMILES string of the molecule is CC(O[Si](C)(C)C(C)(C)C)c1ccc(Br)nc1. The van der Waals surface area contributed by atoms with E-state index in [2.05, 4.69) is 67.8 Å². The maximum atomic E-state index is 6.31. The fraction of sp³-hybridized carbons (Fsp3) is 0.615. The fourth-order valence-electron chi connectivity index (χ4n) is 1.31. The zero-order valence-corrected chi connectivity index (χ0v) is 14.1. The van der Waals surface area contributed by atoms with E-state index < -0.39 is 8.32 Å². The van der Waals surface area contributed by atoms with Gasteiger partial charge in [0, 0.05) is 6.20 Å². The first-order valence-corrected chi connectivity index (χ1v) is 9.63. The van der Waals surface area contributed by atoms with Crippen molar-refractivity contribution in [2.24, 2.45) is 0 Å². The van der Waals surface area contributed by atoms with E-state index >= 15 is 0 Å². The summed E-state index contributed by atoms with van der Waals surface area (Å²) in [6.07, 6.45) is 1.98. The van der Waals surface area contributed by atoms with E-state index in [1.807, 2.05) is 12.3 Å². The van der Waals surface area contributed by atoms with Crippen LogP contribution in [0.4, 0.5) is 0 Å². The van der Waals surface area contributed by atoms with Crippen LogP contribution in [-0.2, 0) is 4.43 Å². The third-order valence-corrected chi connectivity index (χ3v) is 8.52. The van der Waals surface area contributed by atoms with Crippen molar-refractivity contribution < 1.29 is 4.43 Å². The molecular weight excluding hydrogens is 294 g/mol. The summed E-state index contributed by atoms with van der Waals surface area (Å²) in [6, 6.07) is 4.02. The molecule has 0 aliphatic heterocycles. The monoisotopic (exact) mass is 315 g/mol. The average molecular weight is 316 g/mol. The molecule has 1 aromatic rings. The largest absolute Gasteiger partial charge is 0.410 e. The van der Waals surface area contributed by atoms with Gasteiger partial charge in [0.15, 0.2) is 8.32 Å². The highest BCUT2D eigenvalue weighted by atomic mass is 79.9. The standard InChI is InChI=1S/C13H22BrNOSi/c1-10(11-7-8-12(14)15-9-11)16-17(5,6)13(2,3)4/h7-10H,1-6H3. The van der Waals surface area contributed by atoms with Gasteiger partial charge >= 0.3 is 0 Å². The van der Waals surface area contributed by atoms with Gasteiger partial charge in [-0.05, 0) is 52.6 Å². The molecule has 0 bridgehead atoms. The lowest BCUT2D eigenvalue weighted by molar-refractivity contribution is 0.202. The summed E-state index contributed by atoms with van der Waals surface area (Å²) in [4.78, 5) is 4.24. The molecule has 1 unspecified atom stereocenters. The molecule has 1 heterocycles. The third-order valence-electron chi connectivity index (χ3n) is 3.50. The minimum atomic E-state index is -1.70. The van der Waals surface area contributed by atoms with Crippen molar-refractivity contribution in [3.05, 3.63) is 28.5 Å². The number of hydrogen-bond acceptors (Lipinski definition) is 2. The molecule has 0 radical (unpaired) electrons. The number of hydrogen-bond donors (Lipinski definition) is 0. The van der Waals surface area contributed by atoms with Crippen LogP contribution in [0, 0.1) is 0 Å². The zero-order valence-electron chi connectivity index (χ0n) is 11.5. The molecule has 17 heavy (non-hydrogen) atoms. The van der Waals surface area contributed by atoms with Gasteiger partial charge in [-0.25, -0.2) is 4.98 Å². The highest BCUT2D eigenvalue weighted by molar-refractivity contribution is 9.10. The van der Waals surface area contributed by atoms with Crippen molar-refractivity contribution in [2.45, 2.75) is 51.9 Å². The molecule has 1 atom stereocenters. The summed E-state index contributed by atoms with van der Waals surface area (Å²) in [5.41, 5.74) is 1.14. The van der Waals surface area contributed by atoms with Crippen LogP contribution < -0.4 is 0 Å². The first-order valence-electron chi connectivity index (χ1n) is 5.93. The maximum Gasteiger partial charge on any atom is 0.192 e. The summed E-state index contributed by atoms with van der Waals surface area (Å²) in [5, 5.41) is 0.240. The van der Waals surface area contributed by atoms with Crippen LogP contribution in [0.3, 0.4) is 0 Å². The van der Waals surface area contributed by atoms with E-state index in [1.165, 1.54) is 0 Å². The Bertz CT molecular complexity index is 370. The van der Waals surface area contributed by atoms with Crippen LogP contribution in [0.2, 0.25) is 18.1 Å². The molecule has 4 heteroatoms. The zero-order chi connectivity index (χ0) is 13.3. The van der Waals surface area contributed by atoms with Gasteiger partial charge in [0.1, 0.15) is 4.60 Å². The van der Waals surface area contributed by atoms with Crippen molar-refractivity contribution in [2.75, 3.05) is 0 Å². The Balaban J connectivity index is 2.79. The van der Waals surface area contributed by atoms with Crippen molar-refractivity contribution in [3.8, 4) is 0 Å². The van der Waals surface area contributed by atoms with Crippen molar-refractivity contribution in [1.29, 1.82) is 0 Å². The Hall–Kier alpha value is -0.193. The van der Waals surface area contributed by atoms with Crippen LogP contribution in [0.15, 0.2) is 22.9 Å². The second-order valence-corrected chi connectivity index (χ2v) is 11.5. The Morgan fingerprint density at radius 2 is 1.88 bits per heavy atom. The molecule has 0 aromatic carbocycles. The van der Waals surface area contributed by atoms with E-state index in [-0.39, 0.29) is 11.1 Å². The van der Waals surface area contributed by atoms with Crippen LogP contribution in [-0.4, -0.2) is 13.3 Å². The van der Waals surface area contributed by atoms with E-state index in [0.717, 1.165) is 10.2 Å². The van der Waals surface area contributed by atoms with E-state index in [0.29, 0.717) is 0 Å². The number of halogens is 1. The van der Waals surface area contributed by atoms with Gasteiger partial charge < -0.3 is 4.43 Å². The first-order chi connectivity index (χ1) is 7.63. The molecule has 0 saturated heterocycles. The normalized spacial score (nSPS) is 14.8. The quantitative estimate of drug-likeness (QED) is 0.583. The van der Waals surface area contributed by atoms with Crippen molar-refractivity contribution in [3.63, 3.8) is 0 Å². The van der Waals surface area contributed by atoms with E-state index in [9.17, 15) is 0 Å². The molecular formula is C13H22BrNOSi. The Morgan fingerprint density at radius 3 is 2.29 bits per heavy atom. The molecule has 0 aliphatic rings. The van der Waals surface area contributed by atoms with E-state index in [1.54, 1.807) is 0 Å². The van der Waals surface area contributed by atoms with Gasteiger partial charge in [-0.2, -0.15) is 0 Å². The molecule has 0 saturated carbocycles. The fourth-order valence-corrected chi connectivity index (χ4v) is 2.92. The van der Waals surface area contributed by atoms with Crippen LogP contribution in [0.5, 0.6) is 0 Å². The third kappa shape index (κ3) is 3.90. The molecule has 2 nitrogen and oxygen atoms in total. The summed E-state index contributed by atoms with van der Waals surface area (Å²) < 4.78 is 7.17. The molecule has 0 N–H and O–H groups in total. The Kier molecular flexibility index (Phi) is 4.55. The summed E-state index contributed by atoms with van der Waals surface area (Å²) >= 11 is 3.34. The number of rotatable bonds is 3. The smallest absolute Gasteiger partial charge is 0.192 e. The molecule has 0 spiro atoms. The lowest BCUT2D eigenvalue weighted by Crippen LogP contribution is -2.41. The lowest BCUT2D eigenvalue weighted by atomic mass is 10.2. The first kappa shape index (κ1) is 14.9. The van der Waals surface area contributed by atoms with Crippen molar-refractivity contribution >= 4 is 24.2 Å². The van der Waals surface area contributed by atoms with Gasteiger partial charge in [0.05, 0.1) is 6.10 Å². The maximum absolute atomic E-state index is 6.31. The summed E-state index contributed by atoms with van der Waals surface area (Å²) in [6.45, 7) is 13.4. The van der Waals surface area contributed by atoms with Crippen LogP contribution in [0.25, 0.3) is 0 Å². The number of pyridine rings is 1. The van der Waals surface area contributed by atoms with Crippen LogP contribution in [0.1, 0.15) is 39.4 Å². The predicted molar refractivity (Wildman–Crippen MR) is 78.6 cm³/mol. The summed E-state index contributed by atoms with van der Waals surface area (Å²) in [7, 11) is -1.70. The number of nitrogens with zero attached hydrogens (tertiary/aromatic N) is 1. The average Bonchev–Trinajstić information content (AvgIpc) is 2.16. The Labute approximate surface area is 114 Å². The van der Waals surface area contributed by atoms with Gasteiger partial charge in [0.2, 0.25) is 0 Å². The molecule has 0 aliphatic carbocycles. The van der Waals surface area contributed by atoms with Crippen LogP contribution >= 0.6 is 15.9 Å². The topological polar surface area (TPSA) is 22.1 Å². The van der Waals surface area contributed by atoms with Gasteiger partial charge in [-0.15, -0.1) is 0 Å². The van der Waals surface area contributed by atoms with Gasteiger partial charge in [0.25, 0.3) is 0 Å². The van der Waals surface area contributed by atoms with Gasteiger partial charge in [-0.1, -0.05) is 26.8 Å². The second kappa shape index (κ2) is 5.20. The minimum Gasteiger partial charge on any atom is -0.410 e. The highest BCUT2D eigenvalue weighted by Crippen LogP contribution is 2.39. The Morgan fingerprint density at radius 1 is 1.29 bits per heavy atom. The second-order valence-electron chi connectivity index (χ2n) is 5.93. The number of aromatic nitrogens is 1. The lowest BCUT2D eigenvalue weighted by Gasteiger charge is -2.38. The van der Waals surface area contributed by atoms with Crippen molar-refractivity contribution in [1.82, 2.24) is 4.98 Å². The predicted octanol–water partition coefficient (Wildman–Crippen LogP) is 4.93. The molecule has 1 rings (SSSR count). The van der Waals surface area contributed by atoms with E-state index in [4.69, 9.17) is 4.43 Å².